The fourth-order valence-electron chi connectivity index (χ4n) is 1.58. The van der Waals surface area contributed by atoms with Gasteiger partial charge < -0.3 is 4.74 Å². The summed E-state index contributed by atoms with van der Waals surface area (Å²) in [5, 5.41) is 0. The molecule has 1 aliphatic rings. The lowest BCUT2D eigenvalue weighted by atomic mass is 10.0. The third-order valence-electron chi connectivity index (χ3n) is 2.10. The Kier molecular flexibility index (Phi) is 2.90. The minimum atomic E-state index is -1.22. The molecule has 0 aromatic heterocycles. The SMILES string of the molecule is C[Si](C)(C)CC1CCC(=O)OC1=O. The van der Waals surface area contributed by atoms with Gasteiger partial charge in [0.05, 0.1) is 5.92 Å². The molecule has 74 valence electrons. The molecule has 0 N–H and O–H groups in total. The summed E-state index contributed by atoms with van der Waals surface area (Å²) < 4.78 is 4.59. The van der Waals surface area contributed by atoms with E-state index in [4.69, 9.17) is 0 Å². The maximum Gasteiger partial charge on any atom is 0.316 e. The van der Waals surface area contributed by atoms with E-state index in [1.807, 2.05) is 0 Å². The zero-order valence-corrected chi connectivity index (χ0v) is 9.42. The molecule has 0 spiro atoms. The van der Waals surface area contributed by atoms with E-state index >= 15 is 0 Å². The number of ether oxygens (including phenoxy) is 1. The fraction of sp³-hybridized carbons (Fsp3) is 0.778. The Bertz CT molecular complexity index is 230. The summed E-state index contributed by atoms with van der Waals surface area (Å²) in [6, 6.07) is 0.930. The van der Waals surface area contributed by atoms with Crippen molar-refractivity contribution in [3.8, 4) is 0 Å². The van der Waals surface area contributed by atoms with E-state index in [-0.39, 0.29) is 17.9 Å². The lowest BCUT2D eigenvalue weighted by molar-refractivity contribution is -0.166. The van der Waals surface area contributed by atoms with Crippen LogP contribution in [0.1, 0.15) is 12.8 Å². The molecule has 3 nitrogen and oxygen atoms in total. The van der Waals surface area contributed by atoms with Crippen molar-refractivity contribution in [3.05, 3.63) is 0 Å². The number of hydrogen-bond donors (Lipinski definition) is 0. The van der Waals surface area contributed by atoms with Crippen molar-refractivity contribution in [2.75, 3.05) is 0 Å². The lowest BCUT2D eigenvalue weighted by Gasteiger charge is -2.25. The molecule has 0 aromatic rings. The van der Waals surface area contributed by atoms with Crippen molar-refractivity contribution in [1.82, 2.24) is 0 Å². The van der Waals surface area contributed by atoms with E-state index in [1.165, 1.54) is 0 Å². The number of carbonyl (C=O) groups is 2. The minimum absolute atomic E-state index is 0.0237. The molecule has 0 radical (unpaired) electrons. The first-order chi connectivity index (χ1) is 5.88. The standard InChI is InChI=1S/C9H16O3Si/c1-13(2,3)6-7-4-5-8(10)12-9(7)11/h7H,4-6H2,1-3H3. The van der Waals surface area contributed by atoms with Crippen molar-refractivity contribution >= 4 is 20.0 Å². The quantitative estimate of drug-likeness (QED) is 0.388. The molecule has 1 atom stereocenters. The molecule has 4 heteroatoms. The van der Waals surface area contributed by atoms with Crippen LogP contribution in [-0.4, -0.2) is 20.0 Å². The van der Waals surface area contributed by atoms with E-state index in [1.54, 1.807) is 0 Å². The fourth-order valence-corrected chi connectivity index (χ4v) is 3.43. The first-order valence-corrected chi connectivity index (χ1v) is 8.34. The summed E-state index contributed by atoms with van der Waals surface area (Å²) in [7, 11) is -1.22. The van der Waals surface area contributed by atoms with Gasteiger partial charge in [-0.05, 0) is 12.5 Å². The molecule has 0 bridgehead atoms. The van der Waals surface area contributed by atoms with E-state index < -0.39 is 8.07 Å². The zero-order chi connectivity index (χ0) is 10.1. The zero-order valence-electron chi connectivity index (χ0n) is 8.42. The summed E-state index contributed by atoms with van der Waals surface area (Å²) in [5.74, 6) is -0.695. The predicted molar refractivity (Wildman–Crippen MR) is 52.0 cm³/mol. The summed E-state index contributed by atoms with van der Waals surface area (Å²) in [6.45, 7) is 6.66. The second kappa shape index (κ2) is 3.62. The molecule has 13 heavy (non-hydrogen) atoms. The second-order valence-electron chi connectivity index (χ2n) is 4.79. The predicted octanol–water partition coefficient (Wildman–Crippen LogP) is 1.80. The Morgan fingerprint density at radius 2 is 2.00 bits per heavy atom. The normalized spacial score (nSPS) is 24.4. The Morgan fingerprint density at radius 1 is 1.38 bits per heavy atom. The summed E-state index contributed by atoms with van der Waals surface area (Å²) in [5.41, 5.74) is 0. The second-order valence-corrected chi connectivity index (χ2v) is 10.3. The van der Waals surface area contributed by atoms with Gasteiger partial charge in [-0.2, -0.15) is 0 Å². The van der Waals surface area contributed by atoms with Gasteiger partial charge in [0.25, 0.3) is 0 Å². The molecule has 1 unspecified atom stereocenters. The van der Waals surface area contributed by atoms with Gasteiger partial charge in [-0.15, -0.1) is 0 Å². The van der Waals surface area contributed by atoms with E-state index in [2.05, 4.69) is 24.4 Å². The van der Waals surface area contributed by atoms with Crippen LogP contribution in [0.3, 0.4) is 0 Å². The Morgan fingerprint density at radius 3 is 2.46 bits per heavy atom. The van der Waals surface area contributed by atoms with Gasteiger partial charge in [-0.3, -0.25) is 9.59 Å². The highest BCUT2D eigenvalue weighted by Crippen LogP contribution is 2.25. The maximum atomic E-state index is 11.3. The largest absolute Gasteiger partial charge is 0.393 e. The minimum Gasteiger partial charge on any atom is -0.393 e. The highest BCUT2D eigenvalue weighted by molar-refractivity contribution is 6.76. The van der Waals surface area contributed by atoms with Gasteiger partial charge in [-0.1, -0.05) is 19.6 Å². The van der Waals surface area contributed by atoms with Crippen molar-refractivity contribution in [3.63, 3.8) is 0 Å². The molecule has 1 rings (SSSR count). The van der Waals surface area contributed by atoms with Crippen molar-refractivity contribution in [2.45, 2.75) is 38.5 Å². The van der Waals surface area contributed by atoms with Crippen LogP contribution in [-0.2, 0) is 14.3 Å². The first kappa shape index (κ1) is 10.4. The summed E-state index contributed by atoms with van der Waals surface area (Å²) in [6.07, 6.45) is 1.09. The van der Waals surface area contributed by atoms with E-state index in [0.717, 1.165) is 6.04 Å². The highest BCUT2D eigenvalue weighted by Gasteiger charge is 2.32. The molecule has 0 amide bonds. The van der Waals surface area contributed by atoms with Crippen LogP contribution < -0.4 is 0 Å². The molecule has 1 fully saturated rings. The molecule has 1 heterocycles. The van der Waals surface area contributed by atoms with Gasteiger partial charge in [0.2, 0.25) is 0 Å². The third-order valence-corrected chi connectivity index (χ3v) is 3.82. The average Bonchev–Trinajstić information content (AvgIpc) is 1.93. The summed E-state index contributed by atoms with van der Waals surface area (Å²) in [4.78, 5) is 22.0. The van der Waals surface area contributed by atoms with Crippen molar-refractivity contribution in [1.29, 1.82) is 0 Å². The summed E-state index contributed by atoms with van der Waals surface area (Å²) >= 11 is 0. The lowest BCUT2D eigenvalue weighted by Crippen LogP contribution is -2.33. The molecule has 1 saturated heterocycles. The van der Waals surface area contributed by atoms with Crippen LogP contribution in [0.15, 0.2) is 0 Å². The number of rotatable bonds is 2. The number of hydrogen-bond acceptors (Lipinski definition) is 3. The topological polar surface area (TPSA) is 43.4 Å². The van der Waals surface area contributed by atoms with Gasteiger partial charge in [0.15, 0.2) is 0 Å². The Balaban J connectivity index is 2.52. The van der Waals surface area contributed by atoms with Gasteiger partial charge in [0.1, 0.15) is 0 Å². The Labute approximate surface area is 79.5 Å². The molecule has 0 aliphatic carbocycles. The van der Waals surface area contributed by atoms with Crippen LogP contribution in [0, 0.1) is 5.92 Å². The third kappa shape index (κ3) is 3.30. The van der Waals surface area contributed by atoms with Crippen LogP contribution in [0.25, 0.3) is 0 Å². The maximum absolute atomic E-state index is 11.3. The molecular weight excluding hydrogens is 184 g/mol. The van der Waals surface area contributed by atoms with Gasteiger partial charge in [-0.25, -0.2) is 0 Å². The van der Waals surface area contributed by atoms with E-state index in [0.29, 0.717) is 12.8 Å². The van der Waals surface area contributed by atoms with Crippen molar-refractivity contribution < 1.29 is 14.3 Å². The number of cyclic esters (lactones) is 2. The van der Waals surface area contributed by atoms with Crippen LogP contribution in [0.2, 0.25) is 25.7 Å². The van der Waals surface area contributed by atoms with Crippen molar-refractivity contribution in [2.24, 2.45) is 5.92 Å². The first-order valence-electron chi connectivity index (χ1n) is 4.63. The monoisotopic (exact) mass is 200 g/mol. The van der Waals surface area contributed by atoms with Crippen LogP contribution >= 0.6 is 0 Å². The van der Waals surface area contributed by atoms with Gasteiger partial charge >= 0.3 is 11.9 Å². The van der Waals surface area contributed by atoms with Crippen LogP contribution in [0.4, 0.5) is 0 Å². The van der Waals surface area contributed by atoms with Gasteiger partial charge in [0, 0.05) is 14.5 Å². The molecule has 1 aliphatic heterocycles. The average molecular weight is 200 g/mol. The highest BCUT2D eigenvalue weighted by atomic mass is 28.3. The smallest absolute Gasteiger partial charge is 0.316 e. The number of esters is 2. The molecular formula is C9H16O3Si. The van der Waals surface area contributed by atoms with Crippen LogP contribution in [0.5, 0.6) is 0 Å². The van der Waals surface area contributed by atoms with E-state index in [9.17, 15) is 9.59 Å². The molecule has 0 aromatic carbocycles. The molecule has 0 saturated carbocycles. The number of carbonyl (C=O) groups excluding carboxylic acids is 2. The Hall–Kier alpha value is -0.643.